The second kappa shape index (κ2) is 5.44. The molecule has 0 bridgehead atoms. The Bertz CT molecular complexity index is 478. The van der Waals surface area contributed by atoms with E-state index < -0.39 is 4.92 Å². The highest BCUT2D eigenvalue weighted by molar-refractivity contribution is 5.66. The van der Waals surface area contributed by atoms with Gasteiger partial charge in [0.1, 0.15) is 5.69 Å². The van der Waals surface area contributed by atoms with Gasteiger partial charge in [-0.3, -0.25) is 10.1 Å². The lowest BCUT2D eigenvalue weighted by molar-refractivity contribution is -0.383. The highest BCUT2D eigenvalue weighted by Crippen LogP contribution is 2.31. The number of anilines is 2. The lowest BCUT2D eigenvalue weighted by Crippen LogP contribution is -2.42. The van der Waals surface area contributed by atoms with Crippen LogP contribution in [0.1, 0.15) is 13.3 Å². The smallest absolute Gasteiger partial charge is 0.292 e. The van der Waals surface area contributed by atoms with E-state index in [1.807, 2.05) is 0 Å². The predicted molar refractivity (Wildman–Crippen MR) is 76.0 cm³/mol. The summed E-state index contributed by atoms with van der Waals surface area (Å²) in [5, 5.41) is 10.7. The predicted octanol–water partition coefficient (Wildman–Crippen LogP) is 1.60. The summed E-state index contributed by atoms with van der Waals surface area (Å²) in [6, 6.07) is 4.92. The zero-order valence-corrected chi connectivity index (χ0v) is 11.1. The van der Waals surface area contributed by atoms with Crippen LogP contribution in [0.5, 0.6) is 0 Å². The van der Waals surface area contributed by atoms with E-state index in [2.05, 4.69) is 11.8 Å². The molecule has 0 saturated carbocycles. The van der Waals surface area contributed by atoms with Crippen LogP contribution in [0.4, 0.5) is 17.1 Å². The fraction of sp³-hybridized carbons (Fsp3) is 0.538. The number of nitrogen functional groups attached to an aromatic ring is 1. The van der Waals surface area contributed by atoms with Crippen molar-refractivity contribution in [2.75, 3.05) is 30.3 Å². The molecule has 2 unspecified atom stereocenters. The van der Waals surface area contributed by atoms with E-state index in [0.717, 1.165) is 25.2 Å². The van der Waals surface area contributed by atoms with Crippen LogP contribution in [-0.2, 0) is 0 Å². The summed E-state index contributed by atoms with van der Waals surface area (Å²) in [6.07, 6.45) is 1.08. The van der Waals surface area contributed by atoms with Gasteiger partial charge >= 0.3 is 0 Å². The van der Waals surface area contributed by atoms with Crippen LogP contribution in [0, 0.1) is 22.0 Å². The molecule has 6 heteroatoms. The van der Waals surface area contributed by atoms with E-state index in [4.69, 9.17) is 11.5 Å². The van der Waals surface area contributed by atoms with E-state index in [9.17, 15) is 10.1 Å². The van der Waals surface area contributed by atoms with Gasteiger partial charge in [-0.1, -0.05) is 6.92 Å². The van der Waals surface area contributed by atoms with E-state index >= 15 is 0 Å². The van der Waals surface area contributed by atoms with Crippen molar-refractivity contribution >= 4 is 17.1 Å². The average Bonchev–Trinajstić information content (AvgIpc) is 2.38. The quantitative estimate of drug-likeness (QED) is 0.491. The standard InChI is InChI=1S/C13H20N4O2/c1-9-4-5-16(8-10(9)7-14)11-2-3-13(17(18)19)12(15)6-11/h2-3,6,9-10H,4-5,7-8,14-15H2,1H3. The van der Waals surface area contributed by atoms with Gasteiger partial charge < -0.3 is 16.4 Å². The second-order valence-corrected chi connectivity index (χ2v) is 5.21. The van der Waals surface area contributed by atoms with Crippen LogP contribution in [-0.4, -0.2) is 24.6 Å². The largest absolute Gasteiger partial charge is 0.393 e. The number of benzene rings is 1. The molecule has 4 N–H and O–H groups in total. The molecule has 0 aromatic heterocycles. The molecule has 0 aliphatic carbocycles. The van der Waals surface area contributed by atoms with Crippen LogP contribution in [0.25, 0.3) is 0 Å². The fourth-order valence-corrected chi connectivity index (χ4v) is 2.60. The van der Waals surface area contributed by atoms with Crippen LogP contribution < -0.4 is 16.4 Å². The Hall–Kier alpha value is -1.82. The first-order valence-electron chi connectivity index (χ1n) is 6.52. The normalized spacial score (nSPS) is 23.4. The number of rotatable bonds is 3. The van der Waals surface area contributed by atoms with Gasteiger partial charge in [-0.05, 0) is 36.9 Å². The highest BCUT2D eigenvalue weighted by atomic mass is 16.6. The Morgan fingerprint density at radius 1 is 1.53 bits per heavy atom. The molecule has 104 valence electrons. The molecule has 1 aromatic carbocycles. The number of hydrogen-bond acceptors (Lipinski definition) is 5. The number of nitro benzene ring substituents is 1. The lowest BCUT2D eigenvalue weighted by Gasteiger charge is -2.38. The van der Waals surface area contributed by atoms with Crippen LogP contribution in [0.2, 0.25) is 0 Å². The summed E-state index contributed by atoms with van der Waals surface area (Å²) in [5.74, 6) is 1.09. The van der Waals surface area contributed by atoms with Gasteiger partial charge in [0.2, 0.25) is 0 Å². The Morgan fingerprint density at radius 3 is 2.84 bits per heavy atom. The van der Waals surface area contributed by atoms with Crippen LogP contribution in [0.3, 0.4) is 0 Å². The summed E-state index contributed by atoms with van der Waals surface area (Å²) >= 11 is 0. The highest BCUT2D eigenvalue weighted by Gasteiger charge is 2.26. The van der Waals surface area contributed by atoms with Gasteiger partial charge in [-0.2, -0.15) is 0 Å². The van der Waals surface area contributed by atoms with E-state index in [1.54, 1.807) is 12.1 Å². The number of piperidine rings is 1. The zero-order valence-electron chi connectivity index (χ0n) is 11.1. The van der Waals surface area contributed by atoms with Gasteiger partial charge in [0.05, 0.1) is 4.92 Å². The van der Waals surface area contributed by atoms with E-state index in [1.165, 1.54) is 6.07 Å². The molecule has 1 heterocycles. The molecule has 0 radical (unpaired) electrons. The molecule has 2 atom stereocenters. The molecule has 1 aliphatic rings. The summed E-state index contributed by atoms with van der Waals surface area (Å²) in [4.78, 5) is 12.5. The van der Waals surface area contributed by atoms with Crippen molar-refractivity contribution in [3.8, 4) is 0 Å². The topological polar surface area (TPSA) is 98.4 Å². The Labute approximate surface area is 112 Å². The number of nitro groups is 1. The van der Waals surface area contributed by atoms with Crippen molar-refractivity contribution in [3.63, 3.8) is 0 Å². The van der Waals surface area contributed by atoms with Gasteiger partial charge in [0.15, 0.2) is 0 Å². The molecule has 19 heavy (non-hydrogen) atoms. The monoisotopic (exact) mass is 264 g/mol. The maximum absolute atomic E-state index is 10.7. The molecule has 1 aliphatic heterocycles. The molecule has 1 aromatic rings. The third kappa shape index (κ3) is 2.78. The molecule has 1 saturated heterocycles. The lowest BCUT2D eigenvalue weighted by atomic mass is 9.87. The molecule has 1 fully saturated rings. The number of hydrogen-bond donors (Lipinski definition) is 2. The van der Waals surface area contributed by atoms with Gasteiger partial charge in [0, 0.05) is 24.8 Å². The summed E-state index contributed by atoms with van der Waals surface area (Å²) in [6.45, 7) is 4.71. The third-order valence-electron chi connectivity index (χ3n) is 3.99. The van der Waals surface area contributed by atoms with Crippen molar-refractivity contribution in [2.24, 2.45) is 17.6 Å². The maximum atomic E-state index is 10.7. The molecule has 0 spiro atoms. The minimum absolute atomic E-state index is 0.0375. The zero-order chi connectivity index (χ0) is 14.0. The van der Waals surface area contributed by atoms with Gasteiger partial charge in [0.25, 0.3) is 5.69 Å². The first-order chi connectivity index (χ1) is 9.02. The Kier molecular flexibility index (Phi) is 3.90. The van der Waals surface area contributed by atoms with Crippen molar-refractivity contribution in [3.05, 3.63) is 28.3 Å². The summed E-state index contributed by atoms with van der Waals surface area (Å²) in [5.41, 5.74) is 12.6. The van der Waals surface area contributed by atoms with Crippen molar-refractivity contribution in [1.29, 1.82) is 0 Å². The third-order valence-corrected chi connectivity index (χ3v) is 3.99. The SMILES string of the molecule is CC1CCN(c2ccc([N+](=O)[O-])c(N)c2)CC1CN. The van der Waals surface area contributed by atoms with E-state index in [0.29, 0.717) is 18.4 Å². The second-order valence-electron chi connectivity index (χ2n) is 5.21. The van der Waals surface area contributed by atoms with Crippen molar-refractivity contribution < 1.29 is 4.92 Å². The van der Waals surface area contributed by atoms with Crippen LogP contribution >= 0.6 is 0 Å². The fourth-order valence-electron chi connectivity index (χ4n) is 2.60. The van der Waals surface area contributed by atoms with Gasteiger partial charge in [-0.25, -0.2) is 0 Å². The first kappa shape index (κ1) is 13.6. The van der Waals surface area contributed by atoms with E-state index in [-0.39, 0.29) is 11.4 Å². The van der Waals surface area contributed by atoms with Gasteiger partial charge in [-0.15, -0.1) is 0 Å². The first-order valence-corrected chi connectivity index (χ1v) is 6.52. The molecule has 6 nitrogen and oxygen atoms in total. The summed E-state index contributed by atoms with van der Waals surface area (Å²) in [7, 11) is 0. The Balaban J connectivity index is 2.18. The number of nitrogens with two attached hydrogens (primary N) is 2. The molecule has 0 amide bonds. The summed E-state index contributed by atoms with van der Waals surface area (Å²) < 4.78 is 0. The molecule has 2 rings (SSSR count). The molecular formula is C13H20N4O2. The molecular weight excluding hydrogens is 244 g/mol. The van der Waals surface area contributed by atoms with Crippen molar-refractivity contribution in [2.45, 2.75) is 13.3 Å². The minimum Gasteiger partial charge on any atom is -0.393 e. The number of nitrogens with zero attached hydrogens (tertiary/aromatic N) is 2. The maximum Gasteiger partial charge on any atom is 0.292 e. The minimum atomic E-state index is -0.458. The average molecular weight is 264 g/mol. The van der Waals surface area contributed by atoms with Crippen molar-refractivity contribution in [1.82, 2.24) is 0 Å². The Morgan fingerprint density at radius 2 is 2.26 bits per heavy atom. The van der Waals surface area contributed by atoms with Crippen LogP contribution in [0.15, 0.2) is 18.2 Å².